The van der Waals surface area contributed by atoms with Crippen LogP contribution in [0.15, 0.2) is 47.6 Å². The first-order valence-corrected chi connectivity index (χ1v) is 14.2. The van der Waals surface area contributed by atoms with Crippen LogP contribution in [0.4, 0.5) is 15.9 Å². The van der Waals surface area contributed by atoms with Crippen molar-refractivity contribution in [1.29, 1.82) is 0 Å². The summed E-state index contributed by atoms with van der Waals surface area (Å²) in [6, 6.07) is 7.88. The molecule has 11 heteroatoms. The van der Waals surface area contributed by atoms with Crippen molar-refractivity contribution in [2.75, 3.05) is 43.5 Å². The molecule has 2 aliphatic rings. The maximum absolute atomic E-state index is 13.3. The first-order chi connectivity index (χ1) is 19.3. The molecule has 10 nitrogen and oxygen atoms in total. The zero-order valence-electron chi connectivity index (χ0n) is 23.8. The predicted molar refractivity (Wildman–Crippen MR) is 157 cm³/mol. The van der Waals surface area contributed by atoms with Gasteiger partial charge in [0, 0.05) is 56.7 Å². The zero-order chi connectivity index (χ0) is 28.5. The number of carbonyl (C=O) groups is 1. The molecule has 2 fully saturated rings. The molecule has 2 saturated heterocycles. The third kappa shape index (κ3) is 8.61. The Bertz CT molecular complexity index is 1170. The number of aromatic nitrogens is 2. The molecule has 0 bridgehead atoms. The Labute approximate surface area is 236 Å². The van der Waals surface area contributed by atoms with E-state index in [1.54, 1.807) is 6.08 Å². The molecule has 5 N–H and O–H groups in total. The highest BCUT2D eigenvalue weighted by atomic mass is 19.1. The fraction of sp³-hybridized carbons (Fsp3) is 0.552. The Morgan fingerprint density at radius 1 is 1.25 bits per heavy atom. The number of aliphatic imine (C=N–C) groups is 1. The Hall–Kier alpha value is -3.28. The zero-order valence-corrected chi connectivity index (χ0v) is 23.8. The van der Waals surface area contributed by atoms with Crippen LogP contribution in [0.3, 0.4) is 0 Å². The quantitative estimate of drug-likeness (QED) is 0.190. The van der Waals surface area contributed by atoms with Gasteiger partial charge < -0.3 is 21.1 Å². The van der Waals surface area contributed by atoms with Gasteiger partial charge in [0.25, 0.3) is 0 Å². The summed E-state index contributed by atoms with van der Waals surface area (Å²) in [5, 5.41) is 14.4. The summed E-state index contributed by atoms with van der Waals surface area (Å²) >= 11 is 0. The van der Waals surface area contributed by atoms with Crippen molar-refractivity contribution in [1.82, 2.24) is 20.0 Å². The minimum atomic E-state index is -0.760. The van der Waals surface area contributed by atoms with Gasteiger partial charge >= 0.3 is 0 Å². The van der Waals surface area contributed by atoms with E-state index < -0.39 is 6.17 Å². The number of anilines is 2. The number of amides is 1. The van der Waals surface area contributed by atoms with Crippen LogP contribution in [0.5, 0.6) is 0 Å². The van der Waals surface area contributed by atoms with Gasteiger partial charge in [-0.05, 0) is 49.8 Å². The Morgan fingerprint density at radius 2 is 2.05 bits per heavy atom. The van der Waals surface area contributed by atoms with E-state index in [4.69, 9.17) is 10.5 Å². The van der Waals surface area contributed by atoms with Crippen LogP contribution >= 0.6 is 0 Å². The highest BCUT2D eigenvalue weighted by Gasteiger charge is 2.21. The lowest BCUT2D eigenvalue weighted by Crippen LogP contribution is -2.31. The van der Waals surface area contributed by atoms with E-state index in [0.717, 1.165) is 36.3 Å². The number of hydrogen-bond donors (Lipinski definition) is 4. The molecule has 2 unspecified atom stereocenters. The highest BCUT2D eigenvalue weighted by molar-refractivity contribution is 5.99. The summed E-state index contributed by atoms with van der Waals surface area (Å²) in [7, 11) is 0. The minimum absolute atomic E-state index is 0.137. The molecule has 2 aromatic rings. The molecule has 1 amide bonds. The van der Waals surface area contributed by atoms with Gasteiger partial charge in [0.15, 0.2) is 5.96 Å². The van der Waals surface area contributed by atoms with E-state index in [1.165, 1.54) is 6.08 Å². The average molecular weight is 555 g/mol. The minimum Gasteiger partial charge on any atom is -0.381 e. The van der Waals surface area contributed by atoms with E-state index in [1.807, 2.05) is 47.0 Å². The molecule has 3 heterocycles. The molecule has 1 aromatic carbocycles. The van der Waals surface area contributed by atoms with Crippen LogP contribution in [-0.2, 0) is 16.1 Å². The number of nitrogens with zero attached hydrogens (tertiary/aromatic N) is 4. The maximum Gasteiger partial charge on any atom is 0.248 e. The molecular weight excluding hydrogens is 511 g/mol. The molecule has 2 aliphatic heterocycles. The monoisotopic (exact) mass is 554 g/mol. The van der Waals surface area contributed by atoms with E-state index in [2.05, 4.69) is 39.9 Å². The number of ether oxygens (including phenoxy) is 1. The molecule has 0 saturated carbocycles. The number of halogens is 1. The maximum atomic E-state index is 13.3. The number of guanidine groups is 1. The lowest BCUT2D eigenvalue weighted by atomic mass is 10.1. The topological polar surface area (TPSA) is 122 Å². The molecule has 40 heavy (non-hydrogen) atoms. The first kappa shape index (κ1) is 29.7. The largest absolute Gasteiger partial charge is 0.381 e. The highest BCUT2D eigenvalue weighted by Crippen LogP contribution is 2.26. The van der Waals surface area contributed by atoms with Crippen LogP contribution in [0.2, 0.25) is 0 Å². The molecule has 0 aliphatic carbocycles. The Kier molecular flexibility index (Phi) is 10.7. The van der Waals surface area contributed by atoms with Crippen molar-refractivity contribution in [3.05, 3.63) is 53.7 Å². The summed E-state index contributed by atoms with van der Waals surface area (Å²) in [6.45, 7) is 10.0. The number of likely N-dealkylation sites (tertiary alicyclic amines) is 1. The van der Waals surface area contributed by atoms with E-state index >= 15 is 0 Å². The molecule has 218 valence electrons. The number of carbonyl (C=O) groups excluding carboxylic acids is 1. The number of hydrogen-bond acceptors (Lipinski definition) is 6. The summed E-state index contributed by atoms with van der Waals surface area (Å²) in [6.07, 6.45) is 6.56. The van der Waals surface area contributed by atoms with Gasteiger partial charge in [-0.25, -0.2) is 14.1 Å². The molecule has 1 aromatic heterocycles. The van der Waals surface area contributed by atoms with Crippen molar-refractivity contribution in [3.63, 3.8) is 0 Å². The first-order valence-electron chi connectivity index (χ1n) is 14.2. The van der Waals surface area contributed by atoms with Gasteiger partial charge in [0.2, 0.25) is 5.91 Å². The van der Waals surface area contributed by atoms with Gasteiger partial charge in [-0.1, -0.05) is 32.1 Å². The number of alkyl halides is 1. The van der Waals surface area contributed by atoms with E-state index in [-0.39, 0.29) is 24.0 Å². The summed E-state index contributed by atoms with van der Waals surface area (Å²) < 4.78 is 20.6. The van der Waals surface area contributed by atoms with Crippen molar-refractivity contribution in [3.8, 4) is 0 Å². The number of benzene rings is 1. The normalized spacial score (nSPS) is 19.9. The second-order valence-corrected chi connectivity index (χ2v) is 10.8. The van der Waals surface area contributed by atoms with Gasteiger partial charge in [0.05, 0.1) is 12.2 Å². The van der Waals surface area contributed by atoms with Gasteiger partial charge in [-0.2, -0.15) is 5.10 Å². The van der Waals surface area contributed by atoms with Crippen molar-refractivity contribution in [2.24, 2.45) is 10.7 Å². The van der Waals surface area contributed by atoms with Gasteiger partial charge in [0.1, 0.15) is 18.2 Å². The third-order valence-corrected chi connectivity index (χ3v) is 7.22. The van der Waals surface area contributed by atoms with Gasteiger partial charge in [-0.15, -0.1) is 0 Å². The lowest BCUT2D eigenvalue weighted by Gasteiger charge is -2.21. The van der Waals surface area contributed by atoms with Crippen LogP contribution < -0.4 is 21.7 Å². The summed E-state index contributed by atoms with van der Waals surface area (Å²) in [5.74, 6) is 1.26. The van der Waals surface area contributed by atoms with Crippen LogP contribution in [0.1, 0.15) is 63.2 Å². The average Bonchev–Trinajstić information content (AvgIpc) is 3.54. The third-order valence-electron chi connectivity index (χ3n) is 7.22. The van der Waals surface area contributed by atoms with Crippen molar-refractivity contribution < 1.29 is 13.9 Å². The Morgan fingerprint density at radius 3 is 2.77 bits per heavy atom. The SMILES string of the molecule is CC(C)c1cnn(C(C)NCc2cccc(NC(=O)/C=C/CN3CCC(F)C3)c2)c1NC(N)=NC1CCOCC1. The van der Waals surface area contributed by atoms with E-state index in [9.17, 15) is 9.18 Å². The summed E-state index contributed by atoms with van der Waals surface area (Å²) in [5.41, 5.74) is 9.10. The predicted octanol–water partition coefficient (Wildman–Crippen LogP) is 3.76. The summed E-state index contributed by atoms with van der Waals surface area (Å²) in [4.78, 5) is 19.0. The second kappa shape index (κ2) is 14.4. The van der Waals surface area contributed by atoms with Crippen molar-refractivity contribution >= 4 is 23.4 Å². The number of nitrogens with two attached hydrogens (primary N) is 1. The van der Waals surface area contributed by atoms with Crippen LogP contribution in [0, 0.1) is 0 Å². The molecule has 0 radical (unpaired) electrons. The molecule has 0 spiro atoms. The molecule has 2 atom stereocenters. The molecular formula is C29H43FN8O2. The molecule has 4 rings (SSSR count). The van der Waals surface area contributed by atoms with Gasteiger partial charge in [-0.3, -0.25) is 15.0 Å². The number of nitrogens with one attached hydrogen (secondary N) is 3. The smallest absolute Gasteiger partial charge is 0.248 e. The van der Waals surface area contributed by atoms with Crippen LogP contribution in [0.25, 0.3) is 0 Å². The van der Waals surface area contributed by atoms with Crippen LogP contribution in [-0.4, -0.2) is 71.6 Å². The fourth-order valence-electron chi connectivity index (χ4n) is 4.94. The van der Waals surface area contributed by atoms with Crippen molar-refractivity contribution in [2.45, 2.75) is 70.9 Å². The number of rotatable bonds is 11. The standard InChI is InChI=1S/C29H43FN8O2/c1-20(2)26-18-33-38(28(26)36-29(31)35-24-10-14-40-15-11-24)21(3)32-17-22-6-4-7-25(16-22)34-27(39)8-5-12-37-13-9-23(30)19-37/h4-8,16,18,20-21,23-24,32H,9-15,17,19H2,1-3H3,(H,34,39)(H3,31,35,36)/b8-5+. The fourth-order valence-corrected chi connectivity index (χ4v) is 4.94. The Balaban J connectivity index is 1.33. The second-order valence-electron chi connectivity index (χ2n) is 10.8. The van der Waals surface area contributed by atoms with E-state index in [0.29, 0.717) is 50.9 Å². The lowest BCUT2D eigenvalue weighted by molar-refractivity contribution is -0.111.